The van der Waals surface area contributed by atoms with Crippen molar-refractivity contribution in [3.05, 3.63) is 35.9 Å². The maximum absolute atomic E-state index is 11.8. The lowest BCUT2D eigenvalue weighted by Gasteiger charge is -2.19. The Morgan fingerprint density at radius 3 is 2.40 bits per heavy atom. The Kier molecular flexibility index (Phi) is 5.70. The lowest BCUT2D eigenvalue weighted by Crippen LogP contribution is -2.43. The van der Waals surface area contributed by atoms with Crippen LogP contribution in [0.1, 0.15) is 32.3 Å². The fourth-order valence-corrected chi connectivity index (χ4v) is 1.75. The molecule has 0 spiro atoms. The van der Waals surface area contributed by atoms with Gasteiger partial charge in [-0.2, -0.15) is 0 Å². The van der Waals surface area contributed by atoms with E-state index in [4.69, 9.17) is 5.73 Å². The fraction of sp³-hybridized carbons (Fsp3) is 0.467. The molecule has 1 aromatic rings. The number of carbonyl (C=O) groups excluding carboxylic acids is 1. The average molecular weight is 278 g/mol. The van der Waals surface area contributed by atoms with Crippen molar-refractivity contribution in [3.63, 3.8) is 0 Å². The third kappa shape index (κ3) is 6.33. The van der Waals surface area contributed by atoms with E-state index in [1.807, 2.05) is 44.2 Å². The molecule has 1 atom stereocenters. The molecule has 0 bridgehead atoms. The number of aliphatic carboxylic acids is 1. The third-order valence-corrected chi connectivity index (χ3v) is 2.91. The van der Waals surface area contributed by atoms with Crippen LogP contribution >= 0.6 is 0 Å². The standard InChI is InChI=1S/C15H22N2O3/c1-15(2,16)9-8-13(18)17-12(14(19)20)10-11-6-4-3-5-7-11/h3-7,12H,8-10,16H2,1-2H3,(H,17,18)(H,19,20)/t12-/m0/s1. The minimum Gasteiger partial charge on any atom is -0.480 e. The summed E-state index contributed by atoms with van der Waals surface area (Å²) in [4.78, 5) is 23.0. The second-order valence-electron chi connectivity index (χ2n) is 5.64. The molecule has 1 amide bonds. The first-order valence-electron chi connectivity index (χ1n) is 6.63. The summed E-state index contributed by atoms with van der Waals surface area (Å²) in [5.41, 5.74) is 6.24. The monoisotopic (exact) mass is 278 g/mol. The molecule has 1 rings (SSSR count). The lowest BCUT2D eigenvalue weighted by atomic mass is 9.99. The van der Waals surface area contributed by atoms with Gasteiger partial charge in [-0.3, -0.25) is 4.79 Å². The van der Waals surface area contributed by atoms with Crippen LogP contribution in [0.25, 0.3) is 0 Å². The van der Waals surface area contributed by atoms with Gasteiger partial charge >= 0.3 is 5.97 Å². The molecule has 0 unspecified atom stereocenters. The Hall–Kier alpha value is -1.88. The van der Waals surface area contributed by atoms with Crippen LogP contribution in [0.2, 0.25) is 0 Å². The number of carboxylic acids is 1. The Morgan fingerprint density at radius 2 is 1.90 bits per heavy atom. The van der Waals surface area contributed by atoms with Gasteiger partial charge in [0.15, 0.2) is 0 Å². The number of hydrogen-bond donors (Lipinski definition) is 3. The predicted molar refractivity (Wildman–Crippen MR) is 77.2 cm³/mol. The minimum atomic E-state index is -1.03. The van der Waals surface area contributed by atoms with Crippen LogP contribution in [0.3, 0.4) is 0 Å². The van der Waals surface area contributed by atoms with Gasteiger partial charge in [-0.25, -0.2) is 4.79 Å². The quantitative estimate of drug-likeness (QED) is 0.701. The highest BCUT2D eigenvalue weighted by Gasteiger charge is 2.21. The highest BCUT2D eigenvalue weighted by Crippen LogP contribution is 2.08. The van der Waals surface area contributed by atoms with Crippen molar-refractivity contribution >= 4 is 11.9 Å². The molecular weight excluding hydrogens is 256 g/mol. The molecular formula is C15H22N2O3. The molecule has 5 nitrogen and oxygen atoms in total. The van der Waals surface area contributed by atoms with Crippen LogP contribution in [-0.2, 0) is 16.0 Å². The zero-order valence-electron chi connectivity index (χ0n) is 11.9. The molecule has 0 aliphatic heterocycles. The van der Waals surface area contributed by atoms with Crippen molar-refractivity contribution in [3.8, 4) is 0 Å². The number of hydrogen-bond acceptors (Lipinski definition) is 3. The third-order valence-electron chi connectivity index (χ3n) is 2.91. The second-order valence-corrected chi connectivity index (χ2v) is 5.64. The van der Waals surface area contributed by atoms with Gasteiger partial charge < -0.3 is 16.2 Å². The molecule has 110 valence electrons. The summed E-state index contributed by atoms with van der Waals surface area (Å²) in [5, 5.41) is 11.7. The van der Waals surface area contributed by atoms with E-state index in [0.29, 0.717) is 6.42 Å². The lowest BCUT2D eigenvalue weighted by molar-refractivity contribution is -0.141. The van der Waals surface area contributed by atoms with E-state index in [-0.39, 0.29) is 18.7 Å². The molecule has 0 fully saturated rings. The maximum atomic E-state index is 11.8. The van der Waals surface area contributed by atoms with E-state index in [1.54, 1.807) is 0 Å². The van der Waals surface area contributed by atoms with Gasteiger partial charge in [0.05, 0.1) is 0 Å². The summed E-state index contributed by atoms with van der Waals surface area (Å²) < 4.78 is 0. The maximum Gasteiger partial charge on any atom is 0.326 e. The number of nitrogens with one attached hydrogen (secondary N) is 1. The number of rotatable bonds is 7. The van der Waals surface area contributed by atoms with Crippen molar-refractivity contribution in [2.24, 2.45) is 5.73 Å². The Morgan fingerprint density at radius 1 is 1.30 bits per heavy atom. The zero-order valence-corrected chi connectivity index (χ0v) is 11.9. The van der Waals surface area contributed by atoms with Crippen LogP contribution in [0, 0.1) is 0 Å². The highest BCUT2D eigenvalue weighted by atomic mass is 16.4. The topological polar surface area (TPSA) is 92.4 Å². The SMILES string of the molecule is CC(C)(N)CCC(=O)N[C@@H](Cc1ccccc1)C(=O)O. The van der Waals surface area contributed by atoms with E-state index >= 15 is 0 Å². The average Bonchev–Trinajstić information content (AvgIpc) is 2.36. The number of carbonyl (C=O) groups is 2. The number of amides is 1. The van der Waals surface area contributed by atoms with Crippen molar-refractivity contribution < 1.29 is 14.7 Å². The van der Waals surface area contributed by atoms with Gasteiger partial charge in [0, 0.05) is 18.4 Å². The Bertz CT molecular complexity index is 452. The van der Waals surface area contributed by atoms with E-state index in [2.05, 4.69) is 5.32 Å². The first-order chi connectivity index (χ1) is 9.28. The molecule has 0 aliphatic carbocycles. The summed E-state index contributed by atoms with van der Waals surface area (Å²) in [6, 6.07) is 8.31. The molecule has 0 aliphatic rings. The van der Waals surface area contributed by atoms with E-state index < -0.39 is 17.6 Å². The zero-order chi connectivity index (χ0) is 15.2. The molecule has 5 heteroatoms. The van der Waals surface area contributed by atoms with Crippen molar-refractivity contribution in [2.45, 2.75) is 44.7 Å². The van der Waals surface area contributed by atoms with E-state index in [1.165, 1.54) is 0 Å². The molecule has 20 heavy (non-hydrogen) atoms. The van der Waals surface area contributed by atoms with Gasteiger partial charge in [0.2, 0.25) is 5.91 Å². The molecule has 0 aromatic heterocycles. The van der Waals surface area contributed by atoms with Crippen molar-refractivity contribution in [1.29, 1.82) is 0 Å². The van der Waals surface area contributed by atoms with Gasteiger partial charge in [0.25, 0.3) is 0 Å². The largest absolute Gasteiger partial charge is 0.480 e. The second kappa shape index (κ2) is 7.05. The summed E-state index contributed by atoms with van der Waals surface area (Å²) in [7, 11) is 0. The summed E-state index contributed by atoms with van der Waals surface area (Å²) >= 11 is 0. The van der Waals surface area contributed by atoms with Crippen molar-refractivity contribution in [2.75, 3.05) is 0 Å². The van der Waals surface area contributed by atoms with Crippen LogP contribution in [0.4, 0.5) is 0 Å². The summed E-state index contributed by atoms with van der Waals surface area (Å²) in [6.07, 6.45) is 1.01. The van der Waals surface area contributed by atoms with E-state index in [9.17, 15) is 14.7 Å². The smallest absolute Gasteiger partial charge is 0.326 e. The first-order valence-corrected chi connectivity index (χ1v) is 6.63. The molecule has 1 aromatic carbocycles. The molecule has 0 radical (unpaired) electrons. The summed E-state index contributed by atoms with van der Waals surface area (Å²) in [5.74, 6) is -1.32. The predicted octanol–water partition coefficient (Wildman–Crippen LogP) is 1.32. The van der Waals surface area contributed by atoms with Gasteiger partial charge in [-0.05, 0) is 25.8 Å². The Balaban J connectivity index is 2.55. The number of carboxylic acid groups (broad SMARTS) is 1. The molecule has 0 saturated heterocycles. The van der Waals surface area contributed by atoms with Gasteiger partial charge in [-0.15, -0.1) is 0 Å². The van der Waals surface area contributed by atoms with Crippen LogP contribution in [0.15, 0.2) is 30.3 Å². The summed E-state index contributed by atoms with van der Waals surface area (Å²) in [6.45, 7) is 3.66. The first kappa shape index (κ1) is 16.2. The fourth-order valence-electron chi connectivity index (χ4n) is 1.75. The number of nitrogens with two attached hydrogens (primary N) is 1. The van der Waals surface area contributed by atoms with E-state index in [0.717, 1.165) is 5.56 Å². The van der Waals surface area contributed by atoms with Gasteiger partial charge in [-0.1, -0.05) is 30.3 Å². The molecule has 0 saturated carbocycles. The van der Waals surface area contributed by atoms with Crippen molar-refractivity contribution in [1.82, 2.24) is 5.32 Å². The normalized spacial score (nSPS) is 12.8. The highest BCUT2D eigenvalue weighted by molar-refractivity contribution is 5.83. The minimum absolute atomic E-state index is 0.224. The van der Waals surface area contributed by atoms with Crippen LogP contribution in [0.5, 0.6) is 0 Å². The van der Waals surface area contributed by atoms with Crippen LogP contribution in [-0.4, -0.2) is 28.6 Å². The molecule has 4 N–H and O–H groups in total. The Labute approximate surface area is 119 Å². The number of benzene rings is 1. The molecule has 0 heterocycles. The van der Waals surface area contributed by atoms with Crippen LogP contribution < -0.4 is 11.1 Å². The van der Waals surface area contributed by atoms with Gasteiger partial charge in [0.1, 0.15) is 6.04 Å².